The number of rotatable bonds is 5. The van der Waals surface area contributed by atoms with E-state index in [1.54, 1.807) is 36.1 Å². The van der Waals surface area contributed by atoms with Gasteiger partial charge in [-0.3, -0.25) is 4.79 Å². The molecule has 1 heterocycles. The topological polar surface area (TPSA) is 99.2 Å². The van der Waals surface area contributed by atoms with E-state index in [0.29, 0.717) is 49.7 Å². The van der Waals surface area contributed by atoms with Gasteiger partial charge in [0.05, 0.1) is 17.9 Å². The number of carboxylic acids is 1. The third-order valence-electron chi connectivity index (χ3n) is 5.02. The molecule has 158 valence electrons. The second-order valence-corrected chi connectivity index (χ2v) is 6.98. The maximum Gasteiger partial charge on any atom is 0.409 e. The van der Waals surface area contributed by atoms with Crippen LogP contribution in [0.3, 0.4) is 0 Å². The lowest BCUT2D eigenvalue weighted by molar-refractivity contribution is 0.0696. The quantitative estimate of drug-likeness (QED) is 0.784. The van der Waals surface area contributed by atoms with Gasteiger partial charge in [-0.1, -0.05) is 18.2 Å². The summed E-state index contributed by atoms with van der Waals surface area (Å²) in [5.74, 6) is -1.37. The van der Waals surface area contributed by atoms with Crippen LogP contribution in [-0.4, -0.2) is 60.8 Å². The van der Waals surface area contributed by atoms with Crippen LogP contribution < -0.4 is 10.2 Å². The van der Waals surface area contributed by atoms with Gasteiger partial charge in [-0.05, 0) is 43.7 Å². The van der Waals surface area contributed by atoms with Crippen LogP contribution >= 0.6 is 0 Å². The first-order chi connectivity index (χ1) is 14.4. The minimum absolute atomic E-state index is 0.0992. The predicted octanol–water partition coefficient (Wildman–Crippen LogP) is 3.22. The Balaban J connectivity index is 1.75. The van der Waals surface area contributed by atoms with Crippen molar-refractivity contribution in [1.29, 1.82) is 0 Å². The van der Waals surface area contributed by atoms with E-state index in [4.69, 9.17) is 4.74 Å². The van der Waals surface area contributed by atoms with Crippen molar-refractivity contribution in [3.05, 3.63) is 59.2 Å². The van der Waals surface area contributed by atoms with Gasteiger partial charge < -0.3 is 25.0 Å². The molecule has 1 aliphatic heterocycles. The second kappa shape index (κ2) is 9.30. The highest BCUT2D eigenvalue weighted by atomic mass is 16.6. The summed E-state index contributed by atoms with van der Waals surface area (Å²) >= 11 is 0. The minimum atomic E-state index is -1.08. The number of carbonyl (C=O) groups excluding carboxylic acids is 2. The van der Waals surface area contributed by atoms with Crippen LogP contribution in [0.1, 0.15) is 33.2 Å². The minimum Gasteiger partial charge on any atom is -0.478 e. The number of nitrogens with one attached hydrogen (secondary N) is 1. The molecule has 0 bridgehead atoms. The zero-order valence-corrected chi connectivity index (χ0v) is 17.1. The van der Waals surface area contributed by atoms with Gasteiger partial charge in [0, 0.05) is 37.4 Å². The van der Waals surface area contributed by atoms with Gasteiger partial charge >= 0.3 is 12.1 Å². The molecule has 3 rings (SSSR count). The average Bonchev–Trinajstić information content (AvgIpc) is 2.74. The van der Waals surface area contributed by atoms with Crippen LogP contribution in [0.2, 0.25) is 0 Å². The number of ether oxygens (including phenoxy) is 1. The van der Waals surface area contributed by atoms with Crippen LogP contribution in [0.4, 0.5) is 16.2 Å². The predicted molar refractivity (Wildman–Crippen MR) is 113 cm³/mol. The first kappa shape index (κ1) is 21.2. The van der Waals surface area contributed by atoms with E-state index in [-0.39, 0.29) is 17.6 Å². The molecule has 30 heavy (non-hydrogen) atoms. The molecule has 2 N–H and O–H groups in total. The number of carbonyl (C=O) groups is 3. The second-order valence-electron chi connectivity index (χ2n) is 6.98. The molecule has 2 aromatic carbocycles. The van der Waals surface area contributed by atoms with Gasteiger partial charge in [-0.2, -0.15) is 0 Å². The Morgan fingerprint density at radius 1 is 1.03 bits per heavy atom. The zero-order valence-electron chi connectivity index (χ0n) is 17.1. The van der Waals surface area contributed by atoms with Crippen molar-refractivity contribution < 1.29 is 24.2 Å². The lowest BCUT2D eigenvalue weighted by Gasteiger charge is -2.36. The molecule has 0 atom stereocenters. The van der Waals surface area contributed by atoms with Crippen LogP contribution in [0.15, 0.2) is 42.5 Å². The molecule has 0 radical (unpaired) electrons. The molecule has 0 aromatic heterocycles. The number of hydrogen-bond acceptors (Lipinski definition) is 5. The van der Waals surface area contributed by atoms with Crippen LogP contribution in [-0.2, 0) is 4.74 Å². The number of benzene rings is 2. The van der Waals surface area contributed by atoms with Crippen LogP contribution in [0.5, 0.6) is 0 Å². The number of piperazine rings is 1. The molecule has 8 heteroatoms. The van der Waals surface area contributed by atoms with Gasteiger partial charge in [0.25, 0.3) is 5.91 Å². The maximum absolute atomic E-state index is 12.5. The number of aryl methyl sites for hydroxylation is 1. The smallest absolute Gasteiger partial charge is 0.409 e. The molecular formula is C22H25N3O5. The average molecular weight is 411 g/mol. The highest BCUT2D eigenvalue weighted by Crippen LogP contribution is 2.26. The third-order valence-corrected chi connectivity index (χ3v) is 5.02. The monoisotopic (exact) mass is 411 g/mol. The number of anilines is 2. The van der Waals surface area contributed by atoms with Crippen molar-refractivity contribution in [3.63, 3.8) is 0 Å². The SMILES string of the molecule is CCOC(=O)N1CCN(c2ccc(NC(=O)c3ccccc3C)cc2C(=O)O)CC1. The van der Waals surface area contributed by atoms with Gasteiger partial charge in [-0.25, -0.2) is 9.59 Å². The summed E-state index contributed by atoms with van der Waals surface area (Å²) in [6.45, 7) is 5.80. The Labute approximate surface area is 175 Å². The van der Waals surface area contributed by atoms with Crippen molar-refractivity contribution in [1.82, 2.24) is 4.90 Å². The summed E-state index contributed by atoms with van der Waals surface area (Å²) in [6.07, 6.45) is -0.357. The lowest BCUT2D eigenvalue weighted by atomic mass is 10.1. The summed E-state index contributed by atoms with van der Waals surface area (Å²) in [7, 11) is 0. The fourth-order valence-electron chi connectivity index (χ4n) is 3.43. The molecule has 1 aliphatic rings. The zero-order chi connectivity index (χ0) is 21.7. The Morgan fingerprint density at radius 3 is 2.37 bits per heavy atom. The maximum atomic E-state index is 12.5. The summed E-state index contributed by atoms with van der Waals surface area (Å²) in [6, 6.07) is 12.0. The molecule has 0 saturated carbocycles. The molecule has 1 saturated heterocycles. The molecule has 8 nitrogen and oxygen atoms in total. The summed E-state index contributed by atoms with van der Waals surface area (Å²) in [5.41, 5.74) is 2.44. The lowest BCUT2D eigenvalue weighted by Crippen LogP contribution is -2.49. The molecular weight excluding hydrogens is 386 g/mol. The third kappa shape index (κ3) is 4.71. The van der Waals surface area contributed by atoms with Crippen LogP contribution in [0.25, 0.3) is 0 Å². The van der Waals surface area contributed by atoms with E-state index >= 15 is 0 Å². The first-order valence-electron chi connectivity index (χ1n) is 9.81. The van der Waals surface area contributed by atoms with E-state index < -0.39 is 5.97 Å². The number of carboxylic acid groups (broad SMARTS) is 1. The van der Waals surface area contributed by atoms with Gasteiger partial charge in [0.15, 0.2) is 0 Å². The fourth-order valence-corrected chi connectivity index (χ4v) is 3.43. The van der Waals surface area contributed by atoms with E-state index in [2.05, 4.69) is 5.32 Å². The summed E-state index contributed by atoms with van der Waals surface area (Å²) in [5, 5.41) is 12.5. The molecule has 0 aliphatic carbocycles. The molecule has 1 fully saturated rings. The number of hydrogen-bond donors (Lipinski definition) is 2. The normalized spacial score (nSPS) is 13.7. The fraction of sp³-hybridized carbons (Fsp3) is 0.318. The van der Waals surface area contributed by atoms with E-state index in [9.17, 15) is 19.5 Å². The standard InChI is InChI=1S/C22H25N3O5/c1-3-30-22(29)25-12-10-24(11-13-25)19-9-8-16(14-18(19)21(27)28)23-20(26)17-7-5-4-6-15(17)2/h4-9,14H,3,10-13H2,1-2H3,(H,23,26)(H,27,28). The van der Waals surface area contributed by atoms with Gasteiger partial charge in [0.1, 0.15) is 0 Å². The molecule has 0 spiro atoms. The van der Waals surface area contributed by atoms with Crippen molar-refractivity contribution >= 4 is 29.3 Å². The Bertz CT molecular complexity index is 952. The number of amides is 2. The van der Waals surface area contributed by atoms with E-state index in [1.807, 2.05) is 24.0 Å². The van der Waals surface area contributed by atoms with E-state index in [0.717, 1.165) is 5.56 Å². The van der Waals surface area contributed by atoms with Gasteiger partial charge in [-0.15, -0.1) is 0 Å². The largest absolute Gasteiger partial charge is 0.478 e. The summed E-state index contributed by atoms with van der Waals surface area (Å²) in [4.78, 5) is 39.8. The van der Waals surface area contributed by atoms with Crippen molar-refractivity contribution in [3.8, 4) is 0 Å². The molecule has 0 unspecified atom stereocenters. The van der Waals surface area contributed by atoms with E-state index in [1.165, 1.54) is 6.07 Å². The Hall–Kier alpha value is -3.55. The van der Waals surface area contributed by atoms with Gasteiger partial charge in [0.2, 0.25) is 0 Å². The highest BCUT2D eigenvalue weighted by Gasteiger charge is 2.25. The Kier molecular flexibility index (Phi) is 6.56. The molecule has 2 aromatic rings. The summed E-state index contributed by atoms with van der Waals surface area (Å²) < 4.78 is 5.02. The van der Waals surface area contributed by atoms with Crippen molar-refractivity contribution in [2.24, 2.45) is 0 Å². The first-order valence-corrected chi connectivity index (χ1v) is 9.81. The number of aromatic carboxylic acids is 1. The van der Waals surface area contributed by atoms with Crippen molar-refractivity contribution in [2.45, 2.75) is 13.8 Å². The Morgan fingerprint density at radius 2 is 1.73 bits per heavy atom. The van der Waals surface area contributed by atoms with Crippen LogP contribution in [0, 0.1) is 6.92 Å². The number of nitrogens with zero attached hydrogens (tertiary/aromatic N) is 2. The molecule has 2 amide bonds. The van der Waals surface area contributed by atoms with Crippen molar-refractivity contribution in [2.75, 3.05) is 43.0 Å². The highest BCUT2D eigenvalue weighted by molar-refractivity contribution is 6.06.